The highest BCUT2D eigenvalue weighted by molar-refractivity contribution is 5.91. The number of tetrazole rings is 2. The topological polar surface area (TPSA) is 235 Å². The predicted molar refractivity (Wildman–Crippen MR) is 269 cm³/mol. The molecule has 72 heavy (non-hydrogen) atoms. The van der Waals surface area contributed by atoms with E-state index in [-0.39, 0.29) is 48.9 Å². The predicted octanol–water partition coefficient (Wildman–Crippen LogP) is 0.617. The maximum atomic E-state index is 14.3. The Morgan fingerprint density at radius 1 is 0.639 bits per heavy atom. The fraction of sp³-hybridized carbons (Fsp3) is 0.560. The van der Waals surface area contributed by atoms with Crippen LogP contribution < -0.4 is 31.1 Å². The Morgan fingerprint density at radius 3 is 1.40 bits per heavy atom. The summed E-state index contributed by atoms with van der Waals surface area (Å²) in [7, 11) is 7.19. The number of nitrogens with one attached hydrogen (secondary N) is 4. The molecule has 4 N–H and O–H groups in total. The van der Waals surface area contributed by atoms with Gasteiger partial charge in [-0.2, -0.15) is 0 Å². The number of carbonyl (C=O) groups is 4. The molecule has 0 saturated carbocycles. The first-order valence-electron chi connectivity index (χ1n) is 24.6. The van der Waals surface area contributed by atoms with Crippen LogP contribution in [0.2, 0.25) is 0 Å². The lowest BCUT2D eigenvalue weighted by atomic mass is 10.1. The fourth-order valence-electron chi connectivity index (χ4n) is 8.70. The smallest absolute Gasteiger partial charge is 0.248 e. The van der Waals surface area contributed by atoms with Crippen molar-refractivity contribution in [2.75, 3.05) is 64.3 Å². The molecule has 0 bridgehead atoms. The molecule has 4 heterocycles. The maximum Gasteiger partial charge on any atom is 0.248 e. The normalized spacial score (nSPS) is 17.8. The molecule has 2 unspecified atom stereocenters. The van der Waals surface area contributed by atoms with Crippen molar-refractivity contribution >= 4 is 35.5 Å². The summed E-state index contributed by atoms with van der Waals surface area (Å²) in [6, 6.07) is 16.5. The summed E-state index contributed by atoms with van der Waals surface area (Å²) in [5.41, 5.74) is 2.22. The van der Waals surface area contributed by atoms with E-state index in [1.807, 2.05) is 84.6 Å². The molecule has 0 spiro atoms. The number of benzene rings is 2. The van der Waals surface area contributed by atoms with Crippen molar-refractivity contribution in [3.63, 3.8) is 0 Å². The van der Waals surface area contributed by atoms with Gasteiger partial charge in [0.2, 0.25) is 35.5 Å². The minimum Gasteiger partial charge on any atom is -0.363 e. The zero-order valence-electron chi connectivity index (χ0n) is 42.7. The largest absolute Gasteiger partial charge is 0.363 e. The van der Waals surface area contributed by atoms with Gasteiger partial charge >= 0.3 is 0 Å². The van der Waals surface area contributed by atoms with Crippen LogP contribution in [0.25, 0.3) is 0 Å². The van der Waals surface area contributed by atoms with Gasteiger partial charge in [-0.05, 0) is 111 Å². The van der Waals surface area contributed by atoms with E-state index in [0.29, 0.717) is 51.2 Å². The Labute approximate surface area is 422 Å². The first-order chi connectivity index (χ1) is 34.8. The van der Waals surface area contributed by atoms with Crippen LogP contribution in [0.5, 0.6) is 0 Å². The van der Waals surface area contributed by atoms with Gasteiger partial charge in [0.05, 0.1) is 49.5 Å². The molecule has 2 aliphatic heterocycles. The average molecular weight is 991 g/mol. The third-order valence-electron chi connectivity index (χ3n) is 13.1. The van der Waals surface area contributed by atoms with E-state index in [9.17, 15) is 19.2 Å². The molecule has 8 atom stereocenters. The number of carbonyl (C=O) groups excluding carboxylic acids is 4. The van der Waals surface area contributed by atoms with E-state index < -0.39 is 36.4 Å². The van der Waals surface area contributed by atoms with Crippen LogP contribution in [0.4, 0.5) is 11.9 Å². The van der Waals surface area contributed by atoms with Crippen LogP contribution in [-0.4, -0.2) is 177 Å². The molecule has 22 heteroatoms. The summed E-state index contributed by atoms with van der Waals surface area (Å²) in [5.74, 6) is 11.2. The van der Waals surface area contributed by atoms with E-state index >= 15 is 0 Å². The highest BCUT2D eigenvalue weighted by Crippen LogP contribution is 2.25. The van der Waals surface area contributed by atoms with Gasteiger partial charge in [0.1, 0.15) is 25.3 Å². The first kappa shape index (κ1) is 54.4. The summed E-state index contributed by atoms with van der Waals surface area (Å²) in [5, 5.41) is 36.6. The zero-order chi connectivity index (χ0) is 51.6. The van der Waals surface area contributed by atoms with Gasteiger partial charge in [-0.1, -0.05) is 82.7 Å². The molecule has 2 saturated heterocycles. The van der Waals surface area contributed by atoms with Crippen molar-refractivity contribution < 1.29 is 28.7 Å². The highest BCUT2D eigenvalue weighted by atomic mass is 16.5. The van der Waals surface area contributed by atoms with Crippen LogP contribution in [0.1, 0.15) is 64.5 Å². The fourth-order valence-corrected chi connectivity index (χ4v) is 8.70. The Bertz CT molecular complexity index is 2330. The Morgan fingerprint density at radius 2 is 1.03 bits per heavy atom. The van der Waals surface area contributed by atoms with E-state index in [1.165, 1.54) is 0 Å². The van der Waals surface area contributed by atoms with Gasteiger partial charge in [-0.15, -0.1) is 0 Å². The third kappa shape index (κ3) is 14.8. The number of aromatic nitrogens is 8. The summed E-state index contributed by atoms with van der Waals surface area (Å²) in [6.45, 7) is 9.70. The molecule has 0 radical (unpaired) electrons. The number of hydrogen-bond donors (Lipinski definition) is 4. The summed E-state index contributed by atoms with van der Waals surface area (Å²) < 4.78 is 15.5. The van der Waals surface area contributed by atoms with Gasteiger partial charge < -0.3 is 50.3 Å². The first-order valence-corrected chi connectivity index (χ1v) is 24.6. The van der Waals surface area contributed by atoms with Crippen LogP contribution >= 0.6 is 0 Å². The molecule has 2 fully saturated rings. The second-order valence-electron chi connectivity index (χ2n) is 18.3. The van der Waals surface area contributed by atoms with Crippen LogP contribution in [-0.2, 0) is 54.8 Å². The molecule has 386 valence electrons. The second-order valence-corrected chi connectivity index (χ2v) is 18.3. The van der Waals surface area contributed by atoms with Gasteiger partial charge in [0.15, 0.2) is 0 Å². The minimum atomic E-state index is -1.00. The minimum absolute atomic E-state index is 0.0712. The maximum absolute atomic E-state index is 14.3. The van der Waals surface area contributed by atoms with Crippen molar-refractivity contribution in [2.45, 2.75) is 128 Å². The van der Waals surface area contributed by atoms with Crippen LogP contribution in [0, 0.1) is 23.7 Å². The number of nitrogens with zero attached hydrogens (tertiary/aromatic N) is 12. The number of anilines is 2. The number of likely N-dealkylation sites (tertiary alicyclic amines) is 2. The Hall–Kier alpha value is -6.98. The number of likely N-dealkylation sites (N-methyl/N-ethyl adjacent to an activating group) is 2. The number of ether oxygens (including phenoxy) is 2. The van der Waals surface area contributed by atoms with E-state index in [4.69, 9.17) is 9.47 Å². The van der Waals surface area contributed by atoms with E-state index in [1.54, 1.807) is 61.0 Å². The number of hydrogen-bond acceptors (Lipinski definition) is 16. The lowest BCUT2D eigenvalue weighted by molar-refractivity contribution is -0.141. The monoisotopic (exact) mass is 991 g/mol. The quantitative estimate of drug-likeness (QED) is 0.0705. The van der Waals surface area contributed by atoms with Gasteiger partial charge in [0, 0.05) is 40.3 Å². The molecule has 22 nitrogen and oxygen atoms in total. The van der Waals surface area contributed by atoms with Crippen molar-refractivity contribution in [1.29, 1.82) is 0 Å². The molecule has 4 aromatic rings. The van der Waals surface area contributed by atoms with Gasteiger partial charge in [-0.25, -0.2) is 9.36 Å². The van der Waals surface area contributed by atoms with Crippen molar-refractivity contribution in [2.24, 2.45) is 0 Å². The molecule has 2 aromatic heterocycles. The van der Waals surface area contributed by atoms with Gasteiger partial charge in [0.25, 0.3) is 0 Å². The molecule has 2 aromatic carbocycles. The lowest BCUT2D eigenvalue weighted by Gasteiger charge is -2.32. The standard InChI is InChI=1S/C50H70N16O6/c1-35(51-5)45(67)53-43(47(69)63-27-19-25-41(63)33-65-49(55-57-59-65)61(7)31-39-21-13-11-14-22-39)37(3)71-29-17-9-10-18-30-72-38(4)44(54-46(68)36(2)52-6)48(70)64-28-20-26-42(64)34-66-50(56-58-60-66)62(8)32-40-23-15-12-16-24-40/h11-16,21-24,35-38,41-44,51-52H,19-20,25-34H2,1-8H3,(H,53,67)(H,54,68)/t35-,36-,37+,38+,41-,42-,43?,44?/m0/s1. The molecule has 4 amide bonds. The Balaban J connectivity index is 1.04. The van der Waals surface area contributed by atoms with E-state index in [0.717, 1.165) is 36.8 Å². The molecular formula is C50H70N16O6. The average Bonchev–Trinajstić information content (AvgIpc) is 4.24. The molecular weight excluding hydrogens is 921 g/mol. The zero-order valence-corrected chi connectivity index (χ0v) is 42.7. The summed E-state index contributed by atoms with van der Waals surface area (Å²) >= 11 is 0. The van der Waals surface area contributed by atoms with Crippen molar-refractivity contribution in [1.82, 2.24) is 71.5 Å². The SMILES string of the molecule is CN[C@@H](C)C(=O)NC(C(=O)N1CCC[C@H]1Cn1nnnc1N(C)Cc1ccccc1)[C@@H](C)OCC#CC#CCO[C@H](C)C(NC(=O)[C@H](C)NC)C(=O)N1CCC[C@H]1Cn1nnnc1N(C)Cc1ccccc1. The summed E-state index contributed by atoms with van der Waals surface area (Å²) in [4.78, 5) is 62.6. The van der Waals surface area contributed by atoms with Crippen LogP contribution in [0.15, 0.2) is 60.7 Å². The second kappa shape index (κ2) is 27.0. The molecule has 6 rings (SSSR count). The Kier molecular flexibility index (Phi) is 20.4. The lowest BCUT2D eigenvalue weighted by Crippen LogP contribution is -2.58. The molecule has 0 aliphatic carbocycles. The van der Waals surface area contributed by atoms with Crippen molar-refractivity contribution in [3.05, 3.63) is 71.8 Å². The number of rotatable bonds is 24. The van der Waals surface area contributed by atoms with E-state index in [2.05, 4.69) is 76.0 Å². The summed E-state index contributed by atoms with van der Waals surface area (Å²) in [6.07, 6.45) is 1.53. The molecule has 2 aliphatic rings. The highest BCUT2D eigenvalue weighted by Gasteiger charge is 2.40. The third-order valence-corrected chi connectivity index (χ3v) is 13.1. The number of amides is 4. The van der Waals surface area contributed by atoms with Crippen molar-refractivity contribution in [3.8, 4) is 23.7 Å². The van der Waals surface area contributed by atoms with Crippen LogP contribution in [0.3, 0.4) is 0 Å². The van der Waals surface area contributed by atoms with Gasteiger partial charge in [-0.3, -0.25) is 19.2 Å².